The maximum absolute atomic E-state index is 5.53. The van der Waals surface area contributed by atoms with Gasteiger partial charge in [-0.15, -0.1) is 11.3 Å². The molecule has 2 heterocycles. The maximum atomic E-state index is 5.53. The molecule has 18 heavy (non-hydrogen) atoms. The first-order chi connectivity index (χ1) is 8.76. The number of hydrogen-bond acceptors (Lipinski definition) is 5. The molecule has 0 radical (unpaired) electrons. The summed E-state index contributed by atoms with van der Waals surface area (Å²) in [6, 6.07) is 5.97. The van der Waals surface area contributed by atoms with Gasteiger partial charge in [0, 0.05) is 24.3 Å². The van der Waals surface area contributed by atoms with E-state index in [0.29, 0.717) is 12.4 Å². The summed E-state index contributed by atoms with van der Waals surface area (Å²) in [6.45, 7) is 2.48. The molecule has 4 nitrogen and oxygen atoms in total. The zero-order chi connectivity index (χ0) is 12.5. The molecule has 0 aliphatic rings. The zero-order valence-corrected chi connectivity index (χ0v) is 10.8. The molecular formula is C13H13N3OS. The van der Waals surface area contributed by atoms with Gasteiger partial charge in [-0.1, -0.05) is 0 Å². The molecule has 0 amide bonds. The number of hydrogen-bond donors (Lipinski definition) is 1. The van der Waals surface area contributed by atoms with Gasteiger partial charge in [-0.3, -0.25) is 0 Å². The lowest BCUT2D eigenvalue weighted by atomic mass is 10.2. The Labute approximate surface area is 108 Å². The van der Waals surface area contributed by atoms with Crippen LogP contribution in [0.15, 0.2) is 28.0 Å². The lowest BCUT2D eigenvalue weighted by Crippen LogP contribution is -2.02. The smallest absolute Gasteiger partial charge is 0.192 e. The highest BCUT2D eigenvalue weighted by Crippen LogP contribution is 2.27. The Kier molecular flexibility index (Phi) is 2.85. The van der Waals surface area contributed by atoms with Crippen molar-refractivity contribution >= 4 is 22.4 Å². The fraction of sp³-hybridized carbons (Fsp3) is 0.231. The van der Waals surface area contributed by atoms with Crippen LogP contribution in [-0.4, -0.2) is 16.5 Å². The first-order valence-corrected chi connectivity index (χ1v) is 6.66. The SMILES string of the molecule is Cc1nc2ccc(-c3nc(CCN)cs3)cc2o1. The number of aromatic nitrogens is 2. The number of nitrogens with zero attached hydrogens (tertiary/aromatic N) is 2. The van der Waals surface area contributed by atoms with Gasteiger partial charge in [-0.05, 0) is 24.7 Å². The summed E-state index contributed by atoms with van der Waals surface area (Å²) in [7, 11) is 0. The van der Waals surface area contributed by atoms with Crippen molar-refractivity contribution in [2.45, 2.75) is 13.3 Å². The minimum atomic E-state index is 0.628. The van der Waals surface area contributed by atoms with E-state index in [0.717, 1.165) is 33.8 Å². The molecule has 5 heteroatoms. The predicted octanol–water partition coefficient (Wildman–Crippen LogP) is 2.76. The normalized spacial score (nSPS) is 11.2. The molecule has 1 aromatic carbocycles. The van der Waals surface area contributed by atoms with Gasteiger partial charge in [0.2, 0.25) is 0 Å². The van der Waals surface area contributed by atoms with Crippen LogP contribution in [0.3, 0.4) is 0 Å². The Morgan fingerprint density at radius 2 is 2.22 bits per heavy atom. The van der Waals surface area contributed by atoms with E-state index in [9.17, 15) is 0 Å². The predicted molar refractivity (Wildman–Crippen MR) is 72.6 cm³/mol. The number of aryl methyl sites for hydroxylation is 1. The van der Waals surface area contributed by atoms with E-state index in [1.807, 2.05) is 25.1 Å². The van der Waals surface area contributed by atoms with Crippen LogP contribution in [0.1, 0.15) is 11.6 Å². The summed E-state index contributed by atoms with van der Waals surface area (Å²) in [4.78, 5) is 8.84. The summed E-state index contributed by atoms with van der Waals surface area (Å²) in [5.41, 5.74) is 9.33. The summed E-state index contributed by atoms with van der Waals surface area (Å²) in [5.74, 6) is 0.685. The van der Waals surface area contributed by atoms with E-state index < -0.39 is 0 Å². The van der Waals surface area contributed by atoms with Gasteiger partial charge < -0.3 is 10.2 Å². The molecular weight excluding hydrogens is 246 g/mol. The number of fused-ring (bicyclic) bond motifs is 1. The van der Waals surface area contributed by atoms with Gasteiger partial charge in [0.25, 0.3) is 0 Å². The average molecular weight is 259 g/mol. The minimum Gasteiger partial charge on any atom is -0.441 e. The van der Waals surface area contributed by atoms with Crippen molar-refractivity contribution in [2.24, 2.45) is 5.73 Å². The maximum Gasteiger partial charge on any atom is 0.192 e. The van der Waals surface area contributed by atoms with Crippen LogP contribution in [0, 0.1) is 6.92 Å². The highest BCUT2D eigenvalue weighted by Gasteiger charge is 2.08. The Morgan fingerprint density at radius 1 is 1.33 bits per heavy atom. The van der Waals surface area contributed by atoms with Crippen LogP contribution in [0.5, 0.6) is 0 Å². The summed E-state index contributed by atoms with van der Waals surface area (Å²) in [6.07, 6.45) is 0.820. The van der Waals surface area contributed by atoms with Crippen LogP contribution >= 0.6 is 11.3 Å². The molecule has 0 fully saturated rings. The van der Waals surface area contributed by atoms with Crippen LogP contribution in [0.4, 0.5) is 0 Å². The van der Waals surface area contributed by atoms with Gasteiger partial charge in [-0.25, -0.2) is 9.97 Å². The van der Waals surface area contributed by atoms with E-state index >= 15 is 0 Å². The van der Waals surface area contributed by atoms with Crippen molar-refractivity contribution < 1.29 is 4.42 Å². The molecule has 0 aliphatic heterocycles. The highest BCUT2D eigenvalue weighted by molar-refractivity contribution is 7.13. The van der Waals surface area contributed by atoms with Gasteiger partial charge in [-0.2, -0.15) is 0 Å². The Hall–Kier alpha value is -1.72. The van der Waals surface area contributed by atoms with Crippen molar-refractivity contribution in [2.75, 3.05) is 6.54 Å². The second kappa shape index (κ2) is 4.51. The Morgan fingerprint density at radius 3 is 3.06 bits per heavy atom. The Bertz CT molecular complexity index is 686. The lowest BCUT2D eigenvalue weighted by molar-refractivity contribution is 0.561. The second-order valence-electron chi connectivity index (χ2n) is 4.10. The number of rotatable bonds is 3. The monoisotopic (exact) mass is 259 g/mol. The standard InChI is InChI=1S/C13H13N3OS/c1-8-15-11-3-2-9(6-12(11)17-8)13-16-10(4-5-14)7-18-13/h2-3,6-7H,4-5,14H2,1H3. The van der Waals surface area contributed by atoms with Crippen LogP contribution < -0.4 is 5.73 Å². The van der Waals surface area contributed by atoms with Crippen molar-refractivity contribution in [1.82, 2.24) is 9.97 Å². The number of thiazole rings is 1. The highest BCUT2D eigenvalue weighted by atomic mass is 32.1. The van der Waals surface area contributed by atoms with E-state index in [1.165, 1.54) is 0 Å². The van der Waals surface area contributed by atoms with E-state index in [1.54, 1.807) is 11.3 Å². The second-order valence-corrected chi connectivity index (χ2v) is 4.96. The minimum absolute atomic E-state index is 0.628. The quantitative estimate of drug-likeness (QED) is 0.785. The zero-order valence-electron chi connectivity index (χ0n) is 10.0. The third kappa shape index (κ3) is 2.02. The fourth-order valence-corrected chi connectivity index (χ4v) is 2.73. The van der Waals surface area contributed by atoms with Crippen LogP contribution in [0.2, 0.25) is 0 Å². The van der Waals surface area contributed by atoms with Gasteiger partial charge in [0.1, 0.15) is 10.5 Å². The topological polar surface area (TPSA) is 64.9 Å². The summed E-state index contributed by atoms with van der Waals surface area (Å²) >= 11 is 1.63. The molecule has 92 valence electrons. The molecule has 0 spiro atoms. The van der Waals surface area contributed by atoms with Gasteiger partial charge in [0.05, 0.1) is 5.69 Å². The summed E-state index contributed by atoms with van der Waals surface area (Å²) < 4.78 is 5.53. The third-order valence-electron chi connectivity index (χ3n) is 2.69. The van der Waals surface area contributed by atoms with Crippen molar-refractivity contribution in [3.8, 4) is 10.6 Å². The van der Waals surface area contributed by atoms with E-state index in [2.05, 4.69) is 15.3 Å². The van der Waals surface area contributed by atoms with Crippen molar-refractivity contribution in [1.29, 1.82) is 0 Å². The first kappa shape index (κ1) is 11.4. The molecule has 0 unspecified atom stereocenters. The number of nitrogens with two attached hydrogens (primary N) is 1. The molecule has 0 bridgehead atoms. The van der Waals surface area contributed by atoms with E-state index in [-0.39, 0.29) is 0 Å². The molecule has 0 atom stereocenters. The van der Waals surface area contributed by atoms with Gasteiger partial charge in [0.15, 0.2) is 11.5 Å². The molecule has 0 saturated heterocycles. The lowest BCUT2D eigenvalue weighted by Gasteiger charge is -1.95. The largest absolute Gasteiger partial charge is 0.441 e. The number of oxazole rings is 1. The molecule has 3 rings (SSSR count). The van der Waals surface area contributed by atoms with Crippen molar-refractivity contribution in [3.05, 3.63) is 35.2 Å². The van der Waals surface area contributed by atoms with Crippen molar-refractivity contribution in [3.63, 3.8) is 0 Å². The molecule has 0 aliphatic carbocycles. The van der Waals surface area contributed by atoms with Gasteiger partial charge >= 0.3 is 0 Å². The van der Waals surface area contributed by atoms with E-state index in [4.69, 9.17) is 10.2 Å². The first-order valence-electron chi connectivity index (χ1n) is 5.78. The van der Waals surface area contributed by atoms with Crippen LogP contribution in [-0.2, 0) is 6.42 Å². The fourth-order valence-electron chi connectivity index (χ4n) is 1.88. The number of benzene rings is 1. The molecule has 2 N–H and O–H groups in total. The van der Waals surface area contributed by atoms with Crippen LogP contribution in [0.25, 0.3) is 21.7 Å². The molecule has 3 aromatic rings. The summed E-state index contributed by atoms with van der Waals surface area (Å²) in [5, 5.41) is 3.05. The molecule has 0 saturated carbocycles. The Balaban J connectivity index is 2.01. The third-order valence-corrected chi connectivity index (χ3v) is 3.63. The molecule has 2 aromatic heterocycles. The average Bonchev–Trinajstić information content (AvgIpc) is 2.93.